The monoisotopic (exact) mass is 202 g/mol. The predicted octanol–water partition coefficient (Wildman–Crippen LogP) is -0.859. The molecule has 0 radical (unpaired) electrons. The Bertz CT molecular complexity index is 227. The van der Waals surface area contributed by atoms with Gasteiger partial charge in [-0.15, -0.1) is 0 Å². The number of carboxylic acid groups (broad SMARTS) is 1. The van der Waals surface area contributed by atoms with Crippen LogP contribution in [0.3, 0.4) is 0 Å². The van der Waals surface area contributed by atoms with Crippen molar-refractivity contribution < 1.29 is 19.8 Å². The lowest BCUT2D eigenvalue weighted by Crippen LogP contribution is -2.48. The zero-order chi connectivity index (χ0) is 10.6. The molecule has 1 atom stereocenters. The third-order valence-electron chi connectivity index (χ3n) is 2.03. The molecule has 0 bridgehead atoms. The minimum Gasteiger partial charge on any atom is -0.480 e. The topological polar surface area (TPSA) is 98.7 Å². The molecule has 0 aromatic carbocycles. The van der Waals surface area contributed by atoms with Crippen molar-refractivity contribution in [2.75, 3.05) is 13.2 Å². The average molecular weight is 202 g/mol. The molecule has 14 heavy (non-hydrogen) atoms. The van der Waals surface area contributed by atoms with Crippen LogP contribution in [0.25, 0.3) is 0 Å². The van der Waals surface area contributed by atoms with E-state index < -0.39 is 24.6 Å². The SMILES string of the molecule is O=C(NCC1CC1)NC(CO)C(=O)O. The van der Waals surface area contributed by atoms with Crippen molar-refractivity contribution in [3.05, 3.63) is 0 Å². The van der Waals surface area contributed by atoms with Crippen LogP contribution in [0.2, 0.25) is 0 Å². The van der Waals surface area contributed by atoms with Gasteiger partial charge in [-0.25, -0.2) is 9.59 Å². The Labute approximate surface area is 81.3 Å². The largest absolute Gasteiger partial charge is 0.480 e. The zero-order valence-electron chi connectivity index (χ0n) is 7.69. The molecule has 1 aliphatic carbocycles. The molecule has 6 nitrogen and oxygen atoms in total. The Balaban J connectivity index is 2.19. The van der Waals surface area contributed by atoms with Crippen LogP contribution >= 0.6 is 0 Å². The number of rotatable bonds is 5. The first-order chi connectivity index (χ1) is 6.63. The van der Waals surface area contributed by atoms with E-state index in [1.807, 2.05) is 0 Å². The van der Waals surface area contributed by atoms with E-state index in [4.69, 9.17) is 10.2 Å². The number of nitrogens with one attached hydrogen (secondary N) is 2. The molecule has 2 amide bonds. The van der Waals surface area contributed by atoms with E-state index in [1.165, 1.54) is 0 Å². The number of carboxylic acids is 1. The van der Waals surface area contributed by atoms with Gasteiger partial charge in [0.2, 0.25) is 0 Å². The number of aliphatic hydroxyl groups excluding tert-OH is 1. The average Bonchev–Trinajstić information content (AvgIpc) is 2.93. The van der Waals surface area contributed by atoms with E-state index in [9.17, 15) is 9.59 Å². The molecule has 1 unspecified atom stereocenters. The van der Waals surface area contributed by atoms with E-state index >= 15 is 0 Å². The fraction of sp³-hybridized carbons (Fsp3) is 0.750. The van der Waals surface area contributed by atoms with Crippen LogP contribution in [0.1, 0.15) is 12.8 Å². The number of carbonyl (C=O) groups is 2. The molecular formula is C8H14N2O4. The van der Waals surface area contributed by atoms with Gasteiger partial charge in [-0.2, -0.15) is 0 Å². The molecule has 0 saturated heterocycles. The van der Waals surface area contributed by atoms with Crippen molar-refractivity contribution in [2.24, 2.45) is 5.92 Å². The summed E-state index contributed by atoms with van der Waals surface area (Å²) in [6.45, 7) is -0.0320. The molecule has 1 rings (SSSR count). The summed E-state index contributed by atoms with van der Waals surface area (Å²) in [5, 5.41) is 21.8. The van der Waals surface area contributed by atoms with Crippen LogP contribution in [0.4, 0.5) is 4.79 Å². The number of aliphatic carboxylic acids is 1. The normalized spacial score (nSPS) is 17.2. The zero-order valence-corrected chi connectivity index (χ0v) is 7.69. The van der Waals surface area contributed by atoms with Crippen LogP contribution in [-0.4, -0.2) is 41.4 Å². The second kappa shape index (κ2) is 4.80. The van der Waals surface area contributed by atoms with Crippen LogP contribution < -0.4 is 10.6 Å². The van der Waals surface area contributed by atoms with Crippen LogP contribution in [-0.2, 0) is 4.79 Å². The maximum absolute atomic E-state index is 11.1. The van der Waals surface area contributed by atoms with Gasteiger partial charge in [-0.3, -0.25) is 0 Å². The van der Waals surface area contributed by atoms with Crippen molar-refractivity contribution in [1.29, 1.82) is 0 Å². The number of amides is 2. The van der Waals surface area contributed by atoms with Gasteiger partial charge in [0, 0.05) is 6.54 Å². The summed E-state index contributed by atoms with van der Waals surface area (Å²) in [4.78, 5) is 21.5. The van der Waals surface area contributed by atoms with Crippen molar-refractivity contribution in [3.63, 3.8) is 0 Å². The summed E-state index contributed by atoms with van der Waals surface area (Å²) >= 11 is 0. The summed E-state index contributed by atoms with van der Waals surface area (Å²) in [5.74, 6) is -0.702. The minimum atomic E-state index is -1.24. The fourth-order valence-electron chi connectivity index (χ4n) is 0.954. The Kier molecular flexibility index (Phi) is 3.70. The van der Waals surface area contributed by atoms with Gasteiger partial charge in [-0.05, 0) is 18.8 Å². The molecule has 4 N–H and O–H groups in total. The molecule has 6 heteroatoms. The fourth-order valence-corrected chi connectivity index (χ4v) is 0.954. The van der Waals surface area contributed by atoms with Gasteiger partial charge >= 0.3 is 12.0 Å². The molecule has 0 heterocycles. The van der Waals surface area contributed by atoms with Gasteiger partial charge < -0.3 is 20.8 Å². The van der Waals surface area contributed by atoms with E-state index in [0.29, 0.717) is 12.5 Å². The first kappa shape index (κ1) is 10.8. The Morgan fingerprint density at radius 3 is 2.50 bits per heavy atom. The van der Waals surface area contributed by atoms with Gasteiger partial charge in [0.1, 0.15) is 0 Å². The van der Waals surface area contributed by atoms with E-state index in [-0.39, 0.29) is 0 Å². The summed E-state index contributed by atoms with van der Waals surface area (Å²) < 4.78 is 0. The predicted molar refractivity (Wildman–Crippen MR) is 47.8 cm³/mol. The lowest BCUT2D eigenvalue weighted by Gasteiger charge is -2.12. The van der Waals surface area contributed by atoms with E-state index in [2.05, 4.69) is 10.6 Å². The quantitative estimate of drug-likeness (QED) is 0.466. The van der Waals surface area contributed by atoms with E-state index in [0.717, 1.165) is 12.8 Å². The van der Waals surface area contributed by atoms with Gasteiger partial charge in [0.05, 0.1) is 6.61 Å². The first-order valence-electron chi connectivity index (χ1n) is 4.51. The molecule has 80 valence electrons. The molecule has 1 fully saturated rings. The van der Waals surface area contributed by atoms with Crippen molar-refractivity contribution in [3.8, 4) is 0 Å². The third-order valence-corrected chi connectivity index (χ3v) is 2.03. The van der Waals surface area contributed by atoms with Crippen LogP contribution in [0.5, 0.6) is 0 Å². The summed E-state index contributed by atoms with van der Waals surface area (Å²) in [6, 6.07) is -1.77. The number of aliphatic hydroxyl groups is 1. The molecule has 0 spiro atoms. The first-order valence-corrected chi connectivity index (χ1v) is 4.51. The lowest BCUT2D eigenvalue weighted by molar-refractivity contribution is -0.140. The Hall–Kier alpha value is -1.30. The minimum absolute atomic E-state index is 0.540. The summed E-state index contributed by atoms with van der Waals surface area (Å²) in [7, 11) is 0. The summed E-state index contributed by atoms with van der Waals surface area (Å²) in [6.07, 6.45) is 2.23. The van der Waals surface area contributed by atoms with Crippen molar-refractivity contribution >= 4 is 12.0 Å². The summed E-state index contributed by atoms with van der Waals surface area (Å²) in [5.41, 5.74) is 0. The highest BCUT2D eigenvalue weighted by molar-refractivity contribution is 5.82. The van der Waals surface area contributed by atoms with Gasteiger partial charge in [0.25, 0.3) is 0 Å². The van der Waals surface area contributed by atoms with E-state index in [1.54, 1.807) is 0 Å². The number of hydrogen-bond donors (Lipinski definition) is 4. The number of carbonyl (C=O) groups excluding carboxylic acids is 1. The second-order valence-electron chi connectivity index (χ2n) is 3.37. The molecule has 1 saturated carbocycles. The highest BCUT2D eigenvalue weighted by Gasteiger charge is 2.23. The third kappa shape index (κ3) is 3.61. The second-order valence-corrected chi connectivity index (χ2v) is 3.37. The lowest BCUT2D eigenvalue weighted by atomic mass is 10.3. The maximum Gasteiger partial charge on any atom is 0.328 e. The highest BCUT2D eigenvalue weighted by atomic mass is 16.4. The highest BCUT2D eigenvalue weighted by Crippen LogP contribution is 2.27. The van der Waals surface area contributed by atoms with Crippen LogP contribution in [0, 0.1) is 5.92 Å². The number of urea groups is 1. The Morgan fingerprint density at radius 1 is 1.43 bits per heavy atom. The molecule has 1 aliphatic rings. The Morgan fingerprint density at radius 2 is 2.07 bits per heavy atom. The molecule has 0 aliphatic heterocycles. The molecular weight excluding hydrogens is 188 g/mol. The van der Waals surface area contributed by atoms with Crippen molar-refractivity contribution in [2.45, 2.75) is 18.9 Å². The van der Waals surface area contributed by atoms with Gasteiger partial charge in [-0.1, -0.05) is 0 Å². The van der Waals surface area contributed by atoms with Gasteiger partial charge in [0.15, 0.2) is 6.04 Å². The smallest absolute Gasteiger partial charge is 0.328 e. The maximum atomic E-state index is 11.1. The van der Waals surface area contributed by atoms with Crippen molar-refractivity contribution in [1.82, 2.24) is 10.6 Å². The standard InChI is InChI=1S/C8H14N2O4/c11-4-6(7(12)13)10-8(14)9-3-5-1-2-5/h5-6,11H,1-4H2,(H,12,13)(H2,9,10,14). The number of hydrogen-bond acceptors (Lipinski definition) is 3. The van der Waals surface area contributed by atoms with Crippen LogP contribution in [0.15, 0.2) is 0 Å². The molecule has 0 aromatic heterocycles. The molecule has 0 aromatic rings.